The largest absolute Gasteiger partial charge is 0.345 e. The predicted molar refractivity (Wildman–Crippen MR) is 81.3 cm³/mol. The summed E-state index contributed by atoms with van der Waals surface area (Å²) in [6.45, 7) is 3.09. The van der Waals surface area contributed by atoms with Crippen LogP contribution in [0.15, 0.2) is 28.7 Å². The number of halogens is 1. The number of rotatable bonds is 4. The second-order valence-electron chi connectivity index (χ2n) is 5.35. The molecule has 2 N–H and O–H groups in total. The third-order valence-corrected chi connectivity index (χ3v) is 4.58. The van der Waals surface area contributed by atoms with Crippen molar-refractivity contribution in [1.82, 2.24) is 15.3 Å². The van der Waals surface area contributed by atoms with Crippen LogP contribution >= 0.6 is 15.9 Å². The van der Waals surface area contributed by atoms with Gasteiger partial charge in [-0.25, -0.2) is 4.98 Å². The molecular formula is C15H18BrN3. The average Bonchev–Trinajstić information content (AvgIpc) is 3.07. The minimum atomic E-state index is 0.235. The summed E-state index contributed by atoms with van der Waals surface area (Å²) in [5, 5.41) is 3.28. The Balaban J connectivity index is 2.01. The Kier molecular flexibility index (Phi) is 3.23. The first-order chi connectivity index (χ1) is 9.16. The third kappa shape index (κ3) is 2.23. The summed E-state index contributed by atoms with van der Waals surface area (Å²) >= 11 is 3.61. The second kappa shape index (κ2) is 4.76. The molecule has 0 saturated heterocycles. The molecule has 3 rings (SSSR count). The van der Waals surface area contributed by atoms with Gasteiger partial charge >= 0.3 is 0 Å². The lowest BCUT2D eigenvalue weighted by molar-refractivity contribution is 0.593. The van der Waals surface area contributed by atoms with Gasteiger partial charge in [0.05, 0.1) is 5.69 Å². The van der Waals surface area contributed by atoms with Gasteiger partial charge < -0.3 is 10.3 Å². The number of imidazole rings is 1. The Morgan fingerprint density at radius 3 is 2.74 bits per heavy atom. The molecule has 1 aliphatic rings. The Labute approximate surface area is 122 Å². The minimum absolute atomic E-state index is 0.235. The summed E-state index contributed by atoms with van der Waals surface area (Å²) in [5.74, 6) is 1.13. The number of aromatic amines is 1. The molecule has 1 aromatic carbocycles. The van der Waals surface area contributed by atoms with Crippen molar-refractivity contribution >= 4 is 15.9 Å². The predicted octanol–water partition coefficient (Wildman–Crippen LogP) is 3.40. The van der Waals surface area contributed by atoms with Crippen molar-refractivity contribution in [2.24, 2.45) is 0 Å². The highest BCUT2D eigenvalue weighted by Gasteiger charge is 2.46. The van der Waals surface area contributed by atoms with Crippen LogP contribution < -0.4 is 5.32 Å². The normalized spacial score (nSPS) is 16.6. The highest BCUT2D eigenvalue weighted by atomic mass is 79.9. The summed E-state index contributed by atoms with van der Waals surface area (Å²) < 4.78 is 1.09. The van der Waals surface area contributed by atoms with Crippen molar-refractivity contribution in [3.05, 3.63) is 40.3 Å². The van der Waals surface area contributed by atoms with Crippen LogP contribution in [-0.2, 0) is 5.41 Å². The number of H-pyrrole nitrogens is 1. The molecule has 1 heterocycles. The summed E-state index contributed by atoms with van der Waals surface area (Å²) in [6.07, 6.45) is 2.44. The van der Waals surface area contributed by atoms with Crippen LogP contribution in [0.5, 0.6) is 0 Å². The van der Waals surface area contributed by atoms with Crippen molar-refractivity contribution in [1.29, 1.82) is 0 Å². The van der Waals surface area contributed by atoms with E-state index in [4.69, 9.17) is 4.98 Å². The SMILES string of the molecule is CNCC1(c2nc(-c3ccccc3Br)c(C)[nH]2)CC1. The van der Waals surface area contributed by atoms with Gasteiger partial charge in [-0.15, -0.1) is 0 Å². The number of likely N-dealkylation sites (N-methyl/N-ethyl adjacent to an activating group) is 1. The van der Waals surface area contributed by atoms with Crippen LogP contribution in [-0.4, -0.2) is 23.6 Å². The van der Waals surface area contributed by atoms with Gasteiger partial charge in [0.1, 0.15) is 5.82 Å². The molecule has 4 heteroatoms. The van der Waals surface area contributed by atoms with Crippen molar-refractivity contribution in [3.8, 4) is 11.3 Å². The number of hydrogen-bond acceptors (Lipinski definition) is 2. The lowest BCUT2D eigenvalue weighted by Gasteiger charge is -2.10. The smallest absolute Gasteiger partial charge is 0.114 e. The zero-order chi connectivity index (χ0) is 13.5. The van der Waals surface area contributed by atoms with Gasteiger partial charge in [-0.2, -0.15) is 0 Å². The van der Waals surface area contributed by atoms with E-state index in [0.29, 0.717) is 0 Å². The van der Waals surface area contributed by atoms with Crippen molar-refractivity contribution in [3.63, 3.8) is 0 Å². The fourth-order valence-electron chi connectivity index (χ4n) is 2.61. The van der Waals surface area contributed by atoms with E-state index in [9.17, 15) is 0 Å². The third-order valence-electron chi connectivity index (χ3n) is 3.88. The standard InChI is InChI=1S/C15H18BrN3/c1-10-13(11-5-3-4-6-12(11)16)19-14(18-10)15(7-8-15)9-17-2/h3-6,17H,7-9H2,1-2H3,(H,18,19). The molecule has 3 nitrogen and oxygen atoms in total. The van der Waals surface area contributed by atoms with Crippen molar-refractivity contribution < 1.29 is 0 Å². The Hall–Kier alpha value is -1.13. The first kappa shape index (κ1) is 12.9. The molecule has 1 aromatic heterocycles. The number of nitrogens with zero attached hydrogens (tertiary/aromatic N) is 1. The summed E-state index contributed by atoms with van der Waals surface area (Å²) in [6, 6.07) is 8.24. The van der Waals surface area contributed by atoms with E-state index in [1.165, 1.54) is 12.8 Å². The van der Waals surface area contributed by atoms with Gasteiger partial charge in [0.25, 0.3) is 0 Å². The van der Waals surface area contributed by atoms with Crippen molar-refractivity contribution in [2.45, 2.75) is 25.2 Å². The van der Waals surface area contributed by atoms with Crippen LogP contribution in [0.25, 0.3) is 11.3 Å². The van der Waals surface area contributed by atoms with Crippen molar-refractivity contribution in [2.75, 3.05) is 13.6 Å². The van der Waals surface area contributed by atoms with Crippen LogP contribution in [0, 0.1) is 6.92 Å². The molecule has 0 amide bonds. The van der Waals surface area contributed by atoms with Crippen LogP contribution in [0.2, 0.25) is 0 Å². The first-order valence-corrected chi connectivity index (χ1v) is 7.42. The maximum Gasteiger partial charge on any atom is 0.114 e. The van der Waals surface area contributed by atoms with Crippen LogP contribution in [0.4, 0.5) is 0 Å². The molecule has 1 aliphatic carbocycles. The maximum absolute atomic E-state index is 4.87. The van der Waals surface area contributed by atoms with Gasteiger partial charge in [-0.3, -0.25) is 0 Å². The van der Waals surface area contributed by atoms with E-state index in [1.807, 2.05) is 19.2 Å². The number of hydrogen-bond donors (Lipinski definition) is 2. The average molecular weight is 320 g/mol. The molecule has 1 fully saturated rings. The van der Waals surface area contributed by atoms with Gasteiger partial charge in [0.2, 0.25) is 0 Å². The summed E-state index contributed by atoms with van der Waals surface area (Å²) in [5.41, 5.74) is 3.59. The summed E-state index contributed by atoms with van der Waals surface area (Å²) in [7, 11) is 2.00. The number of aromatic nitrogens is 2. The molecule has 0 aliphatic heterocycles. The monoisotopic (exact) mass is 319 g/mol. The van der Waals surface area contributed by atoms with Gasteiger partial charge in [-0.05, 0) is 32.9 Å². The van der Waals surface area contributed by atoms with E-state index >= 15 is 0 Å². The van der Waals surface area contributed by atoms with E-state index in [1.54, 1.807) is 0 Å². The lowest BCUT2D eigenvalue weighted by Crippen LogP contribution is -2.24. The number of benzene rings is 1. The Bertz CT molecular complexity index is 599. The van der Waals surface area contributed by atoms with Gasteiger partial charge in [-0.1, -0.05) is 34.1 Å². The molecule has 19 heavy (non-hydrogen) atoms. The molecule has 0 atom stereocenters. The molecule has 0 spiro atoms. The highest BCUT2D eigenvalue weighted by molar-refractivity contribution is 9.10. The molecule has 100 valence electrons. The van der Waals surface area contributed by atoms with E-state index in [2.05, 4.69) is 45.3 Å². The lowest BCUT2D eigenvalue weighted by atomic mass is 10.1. The van der Waals surface area contributed by atoms with E-state index < -0.39 is 0 Å². The maximum atomic E-state index is 4.87. The summed E-state index contributed by atoms with van der Waals surface area (Å²) in [4.78, 5) is 8.35. The fraction of sp³-hybridized carbons (Fsp3) is 0.400. The molecular weight excluding hydrogens is 302 g/mol. The van der Waals surface area contributed by atoms with Crippen LogP contribution in [0.1, 0.15) is 24.4 Å². The zero-order valence-corrected chi connectivity index (χ0v) is 12.8. The van der Waals surface area contributed by atoms with Gasteiger partial charge in [0, 0.05) is 27.7 Å². The quantitative estimate of drug-likeness (QED) is 0.906. The molecule has 0 bridgehead atoms. The van der Waals surface area contributed by atoms with E-state index in [0.717, 1.165) is 33.8 Å². The molecule has 1 saturated carbocycles. The zero-order valence-electron chi connectivity index (χ0n) is 11.3. The fourth-order valence-corrected chi connectivity index (χ4v) is 3.09. The molecule has 0 unspecified atom stereocenters. The topological polar surface area (TPSA) is 40.7 Å². The minimum Gasteiger partial charge on any atom is -0.345 e. The first-order valence-electron chi connectivity index (χ1n) is 6.63. The van der Waals surface area contributed by atoms with Crippen LogP contribution in [0.3, 0.4) is 0 Å². The highest BCUT2D eigenvalue weighted by Crippen LogP contribution is 2.47. The molecule has 0 radical (unpaired) electrons. The number of aryl methyl sites for hydroxylation is 1. The second-order valence-corrected chi connectivity index (χ2v) is 6.20. The molecule has 2 aromatic rings. The number of nitrogens with one attached hydrogen (secondary N) is 2. The van der Waals surface area contributed by atoms with E-state index in [-0.39, 0.29) is 5.41 Å². The Morgan fingerprint density at radius 1 is 1.37 bits per heavy atom. The van der Waals surface area contributed by atoms with Gasteiger partial charge in [0.15, 0.2) is 0 Å². The Morgan fingerprint density at radius 2 is 2.11 bits per heavy atom.